The second kappa shape index (κ2) is 10.4. The zero-order chi connectivity index (χ0) is 26.9. The van der Waals surface area contributed by atoms with Gasteiger partial charge in [-0.3, -0.25) is 4.79 Å². The molecule has 3 aromatic carbocycles. The summed E-state index contributed by atoms with van der Waals surface area (Å²) in [6.07, 6.45) is 2.50. The van der Waals surface area contributed by atoms with Crippen molar-refractivity contribution in [2.24, 2.45) is 5.92 Å². The molecule has 3 N–H and O–H groups in total. The molecule has 0 bridgehead atoms. The number of hydrogen-bond donors (Lipinski definition) is 3. The van der Waals surface area contributed by atoms with E-state index in [2.05, 4.69) is 10.1 Å². The maximum atomic E-state index is 13.2. The van der Waals surface area contributed by atoms with Crippen molar-refractivity contribution in [1.29, 1.82) is 0 Å². The van der Waals surface area contributed by atoms with E-state index in [0.717, 1.165) is 24.1 Å². The van der Waals surface area contributed by atoms with Crippen molar-refractivity contribution in [1.82, 2.24) is 15.2 Å². The average molecular weight is 532 g/mol. The molecule has 1 unspecified atom stereocenters. The Labute approximate surface area is 222 Å². The lowest BCUT2D eigenvalue weighted by atomic mass is 9.97. The molecule has 0 spiro atoms. The maximum Gasteiger partial charge on any atom is 0.335 e. The Morgan fingerprint density at radius 3 is 2.26 bits per heavy atom. The van der Waals surface area contributed by atoms with E-state index in [-0.39, 0.29) is 16.5 Å². The first kappa shape index (κ1) is 25.7. The first-order valence-corrected chi connectivity index (χ1v) is 14.1. The molecule has 9 heteroatoms. The largest absolute Gasteiger partial charge is 0.478 e. The Morgan fingerprint density at radius 1 is 0.974 bits per heavy atom. The van der Waals surface area contributed by atoms with Crippen LogP contribution in [0.15, 0.2) is 95.0 Å². The van der Waals surface area contributed by atoms with Crippen LogP contribution in [0.3, 0.4) is 0 Å². The number of nitrogens with zero attached hydrogens (tertiary/aromatic N) is 1. The Bertz CT molecular complexity index is 1500. The molecule has 38 heavy (non-hydrogen) atoms. The van der Waals surface area contributed by atoms with E-state index >= 15 is 0 Å². The molecule has 1 atom stereocenters. The van der Waals surface area contributed by atoms with Crippen LogP contribution in [-0.2, 0) is 21.2 Å². The Kier molecular flexibility index (Phi) is 7.05. The molecular formula is C29H29N3O5S. The van der Waals surface area contributed by atoms with Gasteiger partial charge in [0.25, 0.3) is 15.9 Å². The average Bonchev–Trinajstić information content (AvgIpc) is 3.70. The van der Waals surface area contributed by atoms with E-state index in [1.54, 1.807) is 48.5 Å². The van der Waals surface area contributed by atoms with Crippen LogP contribution in [0.4, 0.5) is 0 Å². The van der Waals surface area contributed by atoms with Crippen LogP contribution in [0, 0.1) is 5.92 Å². The number of rotatable bonds is 9. The highest BCUT2D eigenvalue weighted by atomic mass is 32.2. The summed E-state index contributed by atoms with van der Waals surface area (Å²) in [6, 6.07) is 21.9. The summed E-state index contributed by atoms with van der Waals surface area (Å²) in [4.78, 5) is 24.7. The van der Waals surface area contributed by atoms with Crippen molar-refractivity contribution in [2.45, 2.75) is 37.1 Å². The van der Waals surface area contributed by atoms with Gasteiger partial charge < -0.3 is 10.1 Å². The smallest absolute Gasteiger partial charge is 0.335 e. The van der Waals surface area contributed by atoms with Gasteiger partial charge >= 0.3 is 5.97 Å². The lowest BCUT2D eigenvalue weighted by Gasteiger charge is -2.22. The summed E-state index contributed by atoms with van der Waals surface area (Å²) in [5.41, 5.74) is 6.86. The molecule has 1 amide bonds. The predicted molar refractivity (Wildman–Crippen MR) is 143 cm³/mol. The highest BCUT2D eigenvalue weighted by molar-refractivity contribution is 7.90. The third-order valence-corrected chi connectivity index (χ3v) is 8.35. The van der Waals surface area contributed by atoms with Gasteiger partial charge in [0.15, 0.2) is 0 Å². The van der Waals surface area contributed by atoms with E-state index in [1.807, 2.05) is 36.2 Å². The quantitative estimate of drug-likeness (QED) is 0.383. The van der Waals surface area contributed by atoms with Crippen LogP contribution in [0.2, 0.25) is 0 Å². The van der Waals surface area contributed by atoms with Gasteiger partial charge in [0.2, 0.25) is 0 Å². The van der Waals surface area contributed by atoms with Gasteiger partial charge in [0, 0.05) is 29.8 Å². The first-order valence-electron chi connectivity index (χ1n) is 12.6. The molecule has 0 saturated heterocycles. The molecule has 1 aliphatic heterocycles. The van der Waals surface area contributed by atoms with Crippen LogP contribution in [-0.4, -0.2) is 43.0 Å². The van der Waals surface area contributed by atoms with Crippen molar-refractivity contribution in [3.05, 3.63) is 101 Å². The van der Waals surface area contributed by atoms with Gasteiger partial charge in [-0.15, -0.1) is 0 Å². The van der Waals surface area contributed by atoms with Gasteiger partial charge in [0.1, 0.15) is 0 Å². The molecule has 196 valence electrons. The second-order valence-corrected chi connectivity index (χ2v) is 11.2. The van der Waals surface area contributed by atoms with Crippen molar-refractivity contribution in [3.8, 4) is 11.1 Å². The Hall–Kier alpha value is -3.95. The fourth-order valence-electron chi connectivity index (χ4n) is 4.90. The molecule has 5 rings (SSSR count). The van der Waals surface area contributed by atoms with Crippen molar-refractivity contribution < 1.29 is 23.1 Å². The second-order valence-electron chi connectivity index (χ2n) is 9.52. The number of carbonyl (C=O) groups excluding carboxylic acids is 1. The van der Waals surface area contributed by atoms with Gasteiger partial charge in [-0.2, -0.15) is 0 Å². The van der Waals surface area contributed by atoms with Gasteiger partial charge in [0.05, 0.1) is 16.5 Å². The number of nitrogens with one attached hydrogen (secondary N) is 2. The highest BCUT2D eigenvalue weighted by Crippen LogP contribution is 2.40. The van der Waals surface area contributed by atoms with Crippen molar-refractivity contribution >= 4 is 21.9 Å². The van der Waals surface area contributed by atoms with E-state index in [0.29, 0.717) is 35.6 Å². The lowest BCUT2D eigenvalue weighted by molar-refractivity contribution is -0.133. The summed E-state index contributed by atoms with van der Waals surface area (Å²) in [7, 11) is -4.14. The van der Waals surface area contributed by atoms with Crippen LogP contribution >= 0.6 is 0 Å². The summed E-state index contributed by atoms with van der Waals surface area (Å²) in [5, 5.41) is 11.9. The Balaban J connectivity index is 1.40. The third kappa shape index (κ3) is 5.20. The van der Waals surface area contributed by atoms with E-state index in [9.17, 15) is 23.1 Å². The van der Waals surface area contributed by atoms with E-state index < -0.39 is 21.9 Å². The number of allylic oxidation sites excluding steroid dienone is 1. The minimum Gasteiger partial charge on any atom is -0.478 e. The molecule has 1 aliphatic carbocycles. The van der Waals surface area contributed by atoms with Gasteiger partial charge in [-0.1, -0.05) is 60.7 Å². The fraction of sp³-hybridized carbons (Fsp3) is 0.241. The summed E-state index contributed by atoms with van der Waals surface area (Å²) in [6.45, 7) is 2.63. The number of carbonyl (C=O) groups is 2. The molecule has 0 radical (unpaired) electrons. The summed E-state index contributed by atoms with van der Waals surface area (Å²) in [5.74, 6) is -1.24. The number of carboxylic acids is 1. The standard InChI is InChI=1S/C29H29N3O5S/c1-2-32-24(26(29(34)35)27(30-32)21-16-17-21)18-19-12-14-20(15-13-19)23-10-6-7-11-25(23)38(36,37)31-28(33)22-8-4-3-5-9-22/h3-15,21,27,30H,2,16-18H2,1H3,(H,31,33)(H,34,35). The number of sulfonamides is 1. The summed E-state index contributed by atoms with van der Waals surface area (Å²) < 4.78 is 28.5. The fourth-order valence-corrected chi connectivity index (χ4v) is 6.10. The molecule has 1 fully saturated rings. The molecule has 8 nitrogen and oxygen atoms in total. The minimum absolute atomic E-state index is 0.00247. The number of carboxylic acid groups (broad SMARTS) is 1. The topological polar surface area (TPSA) is 116 Å². The Morgan fingerprint density at radius 2 is 1.63 bits per heavy atom. The molecular weight excluding hydrogens is 502 g/mol. The molecule has 3 aromatic rings. The summed E-state index contributed by atoms with van der Waals surface area (Å²) >= 11 is 0. The van der Waals surface area contributed by atoms with Gasteiger partial charge in [-0.05, 0) is 55.0 Å². The van der Waals surface area contributed by atoms with Crippen LogP contribution in [0.1, 0.15) is 35.7 Å². The lowest BCUT2D eigenvalue weighted by Crippen LogP contribution is -2.39. The SMILES string of the molecule is CCN1NC(C2CC2)C(C(=O)O)=C1Cc1ccc(-c2ccccc2S(=O)(=O)NC(=O)c2ccccc2)cc1. The number of amides is 1. The van der Waals surface area contributed by atoms with Gasteiger partial charge in [-0.25, -0.2) is 23.4 Å². The maximum absolute atomic E-state index is 13.2. The third-order valence-electron chi connectivity index (χ3n) is 6.96. The molecule has 1 heterocycles. The van der Waals surface area contributed by atoms with Crippen LogP contribution in [0.25, 0.3) is 11.1 Å². The highest BCUT2D eigenvalue weighted by Gasteiger charge is 2.43. The van der Waals surface area contributed by atoms with Crippen LogP contribution in [0.5, 0.6) is 0 Å². The molecule has 0 aromatic heterocycles. The number of hydrazine groups is 1. The minimum atomic E-state index is -4.14. The number of aliphatic carboxylic acids is 1. The number of benzene rings is 3. The van der Waals surface area contributed by atoms with E-state index in [4.69, 9.17) is 0 Å². The van der Waals surface area contributed by atoms with E-state index in [1.165, 1.54) is 6.07 Å². The number of likely N-dealkylation sites (N-methyl/N-ethyl adjacent to an activating group) is 1. The monoisotopic (exact) mass is 531 g/mol. The zero-order valence-corrected chi connectivity index (χ0v) is 21.7. The van der Waals surface area contributed by atoms with Crippen LogP contribution < -0.4 is 10.1 Å². The first-order chi connectivity index (χ1) is 18.3. The number of hydrogen-bond acceptors (Lipinski definition) is 6. The molecule has 2 aliphatic rings. The predicted octanol–water partition coefficient (Wildman–Crippen LogP) is 3.97. The zero-order valence-electron chi connectivity index (χ0n) is 20.9. The van der Waals surface area contributed by atoms with Crippen molar-refractivity contribution in [3.63, 3.8) is 0 Å². The normalized spacial score (nSPS) is 17.5. The van der Waals surface area contributed by atoms with Crippen molar-refractivity contribution in [2.75, 3.05) is 6.54 Å². The molecule has 1 saturated carbocycles.